The van der Waals surface area contributed by atoms with Crippen molar-refractivity contribution in [3.63, 3.8) is 0 Å². The molecule has 1 aliphatic carbocycles. The summed E-state index contributed by atoms with van der Waals surface area (Å²) in [5.74, 6) is -1.00. The number of oxime groups is 1. The summed E-state index contributed by atoms with van der Waals surface area (Å²) in [6.07, 6.45) is -1.29. The number of benzene rings is 1. The standard InChI is InChI=1S/C22H19Cl2F4N3O2S/c23-14-6-12(7-15(24)19(14)25)21(22(26,27)28)8-18(30-33-21)31-9-11-5-16(34-17(11)10-31)20(32)29-13-3-1-2-4-13/h5-7,13H,1-4,8-10H2,(H,29,32). The number of halogens is 6. The second-order valence-electron chi connectivity index (χ2n) is 8.72. The Morgan fingerprint density at radius 3 is 2.47 bits per heavy atom. The van der Waals surface area contributed by atoms with Gasteiger partial charge in [-0.15, -0.1) is 11.3 Å². The number of amides is 1. The Morgan fingerprint density at radius 2 is 1.85 bits per heavy atom. The molecular weight excluding hydrogens is 517 g/mol. The number of carbonyl (C=O) groups excluding carboxylic acids is 1. The molecule has 182 valence electrons. The summed E-state index contributed by atoms with van der Waals surface area (Å²) >= 11 is 12.8. The molecule has 3 heterocycles. The largest absolute Gasteiger partial charge is 0.435 e. The molecule has 1 aromatic carbocycles. The van der Waals surface area contributed by atoms with Crippen molar-refractivity contribution in [1.82, 2.24) is 10.2 Å². The molecule has 1 fully saturated rings. The van der Waals surface area contributed by atoms with Gasteiger partial charge in [-0.2, -0.15) is 13.2 Å². The van der Waals surface area contributed by atoms with Gasteiger partial charge in [0.2, 0.25) is 0 Å². The molecule has 0 spiro atoms. The summed E-state index contributed by atoms with van der Waals surface area (Å²) in [7, 11) is 0. The fourth-order valence-corrected chi connectivity index (χ4v) is 6.22. The molecule has 1 unspecified atom stereocenters. The van der Waals surface area contributed by atoms with Gasteiger partial charge in [0, 0.05) is 23.0 Å². The first-order chi connectivity index (χ1) is 16.1. The summed E-state index contributed by atoms with van der Waals surface area (Å²) in [5.41, 5.74) is -2.37. The molecule has 0 radical (unpaired) electrons. The molecule has 1 N–H and O–H groups in total. The number of fused-ring (bicyclic) bond motifs is 1. The van der Waals surface area contributed by atoms with Crippen molar-refractivity contribution in [3.05, 3.63) is 54.9 Å². The van der Waals surface area contributed by atoms with Crippen LogP contribution < -0.4 is 5.32 Å². The van der Waals surface area contributed by atoms with E-state index in [0.717, 1.165) is 48.3 Å². The van der Waals surface area contributed by atoms with Crippen LogP contribution in [-0.2, 0) is 23.5 Å². The molecule has 3 aliphatic rings. The van der Waals surface area contributed by atoms with Gasteiger partial charge in [0.25, 0.3) is 11.5 Å². The third-order valence-corrected chi connectivity index (χ3v) is 8.20. The molecule has 5 rings (SSSR count). The Bertz CT molecular complexity index is 1130. The van der Waals surface area contributed by atoms with E-state index in [2.05, 4.69) is 10.5 Å². The number of amidine groups is 1. The molecular formula is C22H19Cl2F4N3O2S. The van der Waals surface area contributed by atoms with Crippen LogP contribution in [0.2, 0.25) is 10.0 Å². The highest BCUT2D eigenvalue weighted by atomic mass is 35.5. The van der Waals surface area contributed by atoms with Gasteiger partial charge in [0.05, 0.1) is 27.9 Å². The molecule has 1 atom stereocenters. The first-order valence-corrected chi connectivity index (χ1v) is 12.3. The van der Waals surface area contributed by atoms with E-state index in [9.17, 15) is 22.4 Å². The van der Waals surface area contributed by atoms with E-state index in [1.165, 1.54) is 11.3 Å². The lowest BCUT2D eigenvalue weighted by molar-refractivity contribution is -0.275. The van der Waals surface area contributed by atoms with Crippen LogP contribution in [0, 0.1) is 5.82 Å². The van der Waals surface area contributed by atoms with Gasteiger partial charge in [-0.1, -0.05) is 41.2 Å². The van der Waals surface area contributed by atoms with Crippen LogP contribution in [0.15, 0.2) is 23.4 Å². The first kappa shape index (κ1) is 23.7. The lowest BCUT2D eigenvalue weighted by Gasteiger charge is -2.30. The molecule has 2 aliphatic heterocycles. The fourth-order valence-electron chi connectivity index (χ4n) is 4.64. The molecule has 0 saturated heterocycles. The Hall–Kier alpha value is -2.04. The summed E-state index contributed by atoms with van der Waals surface area (Å²) in [5, 5.41) is 5.74. The molecule has 12 heteroatoms. The predicted octanol–water partition coefficient (Wildman–Crippen LogP) is 6.37. The van der Waals surface area contributed by atoms with Gasteiger partial charge in [-0.05, 0) is 36.6 Å². The number of carbonyl (C=O) groups is 1. The Balaban J connectivity index is 1.32. The average Bonchev–Trinajstić information content (AvgIpc) is 3.53. The van der Waals surface area contributed by atoms with Gasteiger partial charge < -0.3 is 15.1 Å². The minimum Gasteiger partial charge on any atom is -0.372 e. The zero-order valence-electron chi connectivity index (χ0n) is 17.6. The lowest BCUT2D eigenvalue weighted by Crippen LogP contribution is -2.44. The zero-order valence-corrected chi connectivity index (χ0v) is 20.0. The molecule has 2 aromatic rings. The monoisotopic (exact) mass is 535 g/mol. The highest BCUT2D eigenvalue weighted by Crippen LogP contribution is 2.50. The number of alkyl halides is 3. The number of thiophene rings is 1. The van der Waals surface area contributed by atoms with Crippen LogP contribution in [0.4, 0.5) is 17.6 Å². The smallest absolute Gasteiger partial charge is 0.372 e. The molecule has 5 nitrogen and oxygen atoms in total. The third-order valence-electron chi connectivity index (χ3n) is 6.49. The van der Waals surface area contributed by atoms with Gasteiger partial charge in [0.1, 0.15) is 5.84 Å². The van der Waals surface area contributed by atoms with Gasteiger partial charge >= 0.3 is 6.18 Å². The fraction of sp³-hybridized carbons (Fsp3) is 0.455. The highest BCUT2D eigenvalue weighted by Gasteiger charge is 2.63. The maximum atomic E-state index is 14.2. The van der Waals surface area contributed by atoms with Crippen molar-refractivity contribution in [2.45, 2.75) is 63.0 Å². The number of hydrogen-bond donors (Lipinski definition) is 1. The van der Waals surface area contributed by atoms with Gasteiger partial charge in [0.15, 0.2) is 5.82 Å². The van der Waals surface area contributed by atoms with E-state index in [0.29, 0.717) is 18.0 Å². The van der Waals surface area contributed by atoms with E-state index in [-0.39, 0.29) is 17.8 Å². The topological polar surface area (TPSA) is 53.9 Å². The van der Waals surface area contributed by atoms with E-state index in [4.69, 9.17) is 28.0 Å². The lowest BCUT2D eigenvalue weighted by atomic mass is 9.89. The van der Waals surface area contributed by atoms with Crippen molar-refractivity contribution in [1.29, 1.82) is 0 Å². The second-order valence-corrected chi connectivity index (χ2v) is 10.7. The van der Waals surface area contributed by atoms with Crippen LogP contribution in [0.25, 0.3) is 0 Å². The van der Waals surface area contributed by atoms with E-state index >= 15 is 0 Å². The minimum atomic E-state index is -4.86. The van der Waals surface area contributed by atoms with Crippen LogP contribution in [0.5, 0.6) is 0 Å². The maximum Gasteiger partial charge on any atom is 0.435 e. The number of hydrogen-bond acceptors (Lipinski definition) is 5. The van der Waals surface area contributed by atoms with E-state index < -0.39 is 39.6 Å². The Morgan fingerprint density at radius 1 is 1.18 bits per heavy atom. The highest BCUT2D eigenvalue weighted by molar-refractivity contribution is 7.14. The number of rotatable bonds is 3. The van der Waals surface area contributed by atoms with Crippen molar-refractivity contribution >= 4 is 46.3 Å². The maximum absolute atomic E-state index is 14.2. The Labute approximate surface area is 206 Å². The molecule has 0 bridgehead atoms. The van der Waals surface area contributed by atoms with Crippen molar-refractivity contribution in [2.24, 2.45) is 5.16 Å². The zero-order chi connectivity index (χ0) is 24.3. The first-order valence-electron chi connectivity index (χ1n) is 10.7. The van der Waals surface area contributed by atoms with Crippen molar-refractivity contribution < 1.29 is 27.2 Å². The Kier molecular flexibility index (Phi) is 5.97. The molecule has 1 saturated carbocycles. The van der Waals surface area contributed by atoms with E-state index in [1.54, 1.807) is 11.0 Å². The second kappa shape index (κ2) is 8.57. The number of nitrogens with one attached hydrogen (secondary N) is 1. The van der Waals surface area contributed by atoms with Gasteiger partial charge in [-0.25, -0.2) is 4.39 Å². The van der Waals surface area contributed by atoms with Crippen LogP contribution in [0.3, 0.4) is 0 Å². The average molecular weight is 536 g/mol. The van der Waals surface area contributed by atoms with Gasteiger partial charge in [-0.3, -0.25) is 4.79 Å². The van der Waals surface area contributed by atoms with Crippen molar-refractivity contribution in [3.8, 4) is 0 Å². The summed E-state index contributed by atoms with van der Waals surface area (Å²) in [6.45, 7) is 0.626. The van der Waals surface area contributed by atoms with Crippen LogP contribution in [0.1, 0.15) is 57.8 Å². The quantitative estimate of drug-likeness (QED) is 0.366. The van der Waals surface area contributed by atoms with Crippen LogP contribution >= 0.6 is 34.5 Å². The minimum absolute atomic E-state index is 0.106. The molecule has 1 amide bonds. The SMILES string of the molecule is O=C(NC1CCCC1)c1cc2c(s1)CN(C1=NOC(c3cc(Cl)c(F)c(Cl)c3)(C(F)(F)F)C1)C2. The summed E-state index contributed by atoms with van der Waals surface area (Å²) < 4.78 is 56.4. The predicted molar refractivity (Wildman–Crippen MR) is 121 cm³/mol. The summed E-state index contributed by atoms with van der Waals surface area (Å²) in [4.78, 5) is 20.7. The number of nitrogens with zero attached hydrogens (tertiary/aromatic N) is 2. The normalized spacial score (nSPS) is 22.6. The third kappa shape index (κ3) is 4.03. The van der Waals surface area contributed by atoms with Crippen molar-refractivity contribution in [2.75, 3.05) is 0 Å². The molecule has 34 heavy (non-hydrogen) atoms. The van der Waals surface area contributed by atoms with E-state index in [1.807, 2.05) is 0 Å². The van der Waals surface area contributed by atoms with Crippen LogP contribution in [-0.4, -0.2) is 28.9 Å². The molecule has 1 aromatic heterocycles. The summed E-state index contributed by atoms with van der Waals surface area (Å²) in [6, 6.07) is 3.72.